The second-order valence-corrected chi connectivity index (χ2v) is 3.99. The first-order valence-corrected chi connectivity index (χ1v) is 5.44. The van der Waals surface area contributed by atoms with E-state index in [0.29, 0.717) is 32.6 Å². The van der Waals surface area contributed by atoms with Crippen molar-refractivity contribution in [1.82, 2.24) is 9.80 Å². The van der Waals surface area contributed by atoms with Crippen LogP contribution in [0.2, 0.25) is 0 Å². The Balaban J connectivity index is 2.46. The maximum atomic E-state index is 12.4. The second-order valence-electron chi connectivity index (χ2n) is 3.99. The van der Waals surface area contributed by atoms with Crippen LogP contribution in [0, 0.1) is 0 Å². The van der Waals surface area contributed by atoms with Crippen molar-refractivity contribution in [3.8, 4) is 0 Å². The first kappa shape index (κ1) is 13.3. The van der Waals surface area contributed by atoms with Crippen molar-refractivity contribution in [3.05, 3.63) is 0 Å². The summed E-state index contributed by atoms with van der Waals surface area (Å²) in [5.74, 6) is 0.0133. The summed E-state index contributed by atoms with van der Waals surface area (Å²) >= 11 is 0. The van der Waals surface area contributed by atoms with Crippen molar-refractivity contribution >= 4 is 5.91 Å². The lowest BCUT2D eigenvalue weighted by Gasteiger charge is -2.38. The van der Waals surface area contributed by atoms with Gasteiger partial charge in [0.25, 0.3) is 0 Å². The molecule has 3 nitrogen and oxygen atoms in total. The Hall–Kier alpha value is -0.780. The van der Waals surface area contributed by atoms with Gasteiger partial charge in [0.1, 0.15) is 6.04 Å². The van der Waals surface area contributed by atoms with E-state index in [0.717, 1.165) is 6.92 Å². The summed E-state index contributed by atoms with van der Waals surface area (Å²) in [4.78, 5) is 14.3. The predicted octanol–water partition coefficient (Wildman–Crippen LogP) is 1.49. The summed E-state index contributed by atoms with van der Waals surface area (Å²) < 4.78 is 37.3. The van der Waals surface area contributed by atoms with Crippen LogP contribution in [0.25, 0.3) is 0 Å². The number of alkyl halides is 3. The third-order valence-electron chi connectivity index (χ3n) is 2.99. The van der Waals surface area contributed by atoms with Crippen LogP contribution in [-0.4, -0.2) is 54.1 Å². The molecule has 94 valence electrons. The average molecular weight is 238 g/mol. The number of hydrogen-bond acceptors (Lipinski definition) is 2. The highest BCUT2D eigenvalue weighted by molar-refractivity contribution is 5.75. The minimum absolute atomic E-state index is 0.0133. The zero-order chi connectivity index (χ0) is 12.3. The first-order valence-electron chi connectivity index (χ1n) is 5.44. The van der Waals surface area contributed by atoms with Gasteiger partial charge in [-0.3, -0.25) is 9.69 Å². The smallest absolute Gasteiger partial charge is 0.340 e. The molecule has 1 unspecified atom stereocenters. The highest BCUT2D eigenvalue weighted by atomic mass is 19.4. The van der Waals surface area contributed by atoms with E-state index >= 15 is 0 Å². The summed E-state index contributed by atoms with van der Waals surface area (Å²) in [6.45, 7) is 4.31. The van der Waals surface area contributed by atoms with Crippen molar-refractivity contribution in [1.29, 1.82) is 0 Å². The number of carbonyl (C=O) groups excluding carboxylic acids is 1. The molecule has 0 aromatic carbocycles. The van der Waals surface area contributed by atoms with Gasteiger partial charge in [0, 0.05) is 32.6 Å². The predicted molar refractivity (Wildman–Crippen MR) is 54.0 cm³/mol. The molecular formula is C10H17F3N2O. The molecular weight excluding hydrogens is 221 g/mol. The number of piperazine rings is 1. The van der Waals surface area contributed by atoms with E-state index in [1.807, 2.05) is 0 Å². The molecule has 6 heteroatoms. The maximum absolute atomic E-state index is 12.4. The summed E-state index contributed by atoms with van der Waals surface area (Å²) in [5, 5.41) is 0. The van der Waals surface area contributed by atoms with Crippen molar-refractivity contribution < 1.29 is 18.0 Å². The van der Waals surface area contributed by atoms with E-state index in [-0.39, 0.29) is 5.91 Å². The summed E-state index contributed by atoms with van der Waals surface area (Å²) in [7, 11) is 0. The highest BCUT2D eigenvalue weighted by Gasteiger charge is 2.41. The van der Waals surface area contributed by atoms with Gasteiger partial charge >= 0.3 is 6.18 Å². The summed E-state index contributed by atoms with van der Waals surface area (Å²) in [6.07, 6.45) is -3.77. The van der Waals surface area contributed by atoms with Crippen LogP contribution >= 0.6 is 0 Å². The third kappa shape index (κ3) is 3.10. The number of carbonyl (C=O) groups is 1. The van der Waals surface area contributed by atoms with E-state index in [9.17, 15) is 18.0 Å². The number of halogens is 3. The van der Waals surface area contributed by atoms with Gasteiger partial charge in [-0.1, -0.05) is 6.92 Å². The van der Waals surface area contributed by atoms with E-state index in [1.54, 1.807) is 11.8 Å². The Kier molecular flexibility index (Phi) is 4.18. The molecule has 0 bridgehead atoms. The molecule has 1 amide bonds. The van der Waals surface area contributed by atoms with Gasteiger partial charge in [0.05, 0.1) is 0 Å². The van der Waals surface area contributed by atoms with Crippen LogP contribution in [0.4, 0.5) is 13.2 Å². The molecule has 0 saturated carbocycles. The number of rotatable bonds is 2. The van der Waals surface area contributed by atoms with E-state index in [2.05, 4.69) is 0 Å². The second kappa shape index (κ2) is 5.03. The molecule has 1 saturated heterocycles. The van der Waals surface area contributed by atoms with Gasteiger partial charge in [-0.25, -0.2) is 0 Å². The van der Waals surface area contributed by atoms with Gasteiger partial charge in [0.2, 0.25) is 5.91 Å². The molecule has 0 aliphatic carbocycles. The van der Waals surface area contributed by atoms with Gasteiger partial charge in [-0.15, -0.1) is 0 Å². The number of amides is 1. The molecule has 1 heterocycles. The Labute approximate surface area is 93.2 Å². The van der Waals surface area contributed by atoms with Crippen molar-refractivity contribution in [2.75, 3.05) is 26.2 Å². The highest BCUT2D eigenvalue weighted by Crippen LogP contribution is 2.25. The van der Waals surface area contributed by atoms with Crippen LogP contribution in [0.5, 0.6) is 0 Å². The van der Waals surface area contributed by atoms with Gasteiger partial charge < -0.3 is 4.90 Å². The van der Waals surface area contributed by atoms with Gasteiger partial charge in [0.15, 0.2) is 0 Å². The van der Waals surface area contributed by atoms with Crippen molar-refractivity contribution in [3.63, 3.8) is 0 Å². The van der Waals surface area contributed by atoms with Crippen molar-refractivity contribution in [2.24, 2.45) is 0 Å². The fourth-order valence-electron chi connectivity index (χ4n) is 1.79. The molecule has 1 atom stereocenters. The largest absolute Gasteiger partial charge is 0.403 e. The molecule has 0 N–H and O–H groups in total. The molecule has 0 aromatic rings. The van der Waals surface area contributed by atoms with E-state index in [1.165, 1.54) is 4.90 Å². The summed E-state index contributed by atoms with van der Waals surface area (Å²) in [6, 6.07) is -1.42. The minimum Gasteiger partial charge on any atom is -0.340 e. The summed E-state index contributed by atoms with van der Waals surface area (Å²) in [5.41, 5.74) is 0. The molecule has 1 fully saturated rings. The maximum Gasteiger partial charge on any atom is 0.403 e. The van der Waals surface area contributed by atoms with Crippen LogP contribution in [-0.2, 0) is 4.79 Å². The average Bonchev–Trinajstić information content (AvgIpc) is 2.26. The van der Waals surface area contributed by atoms with Crippen LogP contribution < -0.4 is 0 Å². The lowest BCUT2D eigenvalue weighted by atomic mass is 10.2. The Morgan fingerprint density at radius 2 is 1.75 bits per heavy atom. The van der Waals surface area contributed by atoms with E-state index in [4.69, 9.17) is 0 Å². The molecule has 0 spiro atoms. The minimum atomic E-state index is -4.18. The Morgan fingerprint density at radius 3 is 2.12 bits per heavy atom. The van der Waals surface area contributed by atoms with Crippen molar-refractivity contribution in [2.45, 2.75) is 32.5 Å². The monoisotopic (exact) mass is 238 g/mol. The third-order valence-corrected chi connectivity index (χ3v) is 2.99. The molecule has 1 aliphatic heterocycles. The quantitative estimate of drug-likeness (QED) is 0.727. The normalized spacial score (nSPS) is 20.9. The zero-order valence-corrected chi connectivity index (χ0v) is 9.55. The Bertz CT molecular complexity index is 247. The van der Waals surface area contributed by atoms with Gasteiger partial charge in [-0.2, -0.15) is 13.2 Å². The Morgan fingerprint density at radius 1 is 1.25 bits per heavy atom. The first-order chi connectivity index (χ1) is 7.36. The molecule has 1 rings (SSSR count). The fourth-order valence-corrected chi connectivity index (χ4v) is 1.79. The van der Waals surface area contributed by atoms with Crippen LogP contribution in [0.3, 0.4) is 0 Å². The lowest BCUT2D eigenvalue weighted by Crippen LogP contribution is -2.54. The molecule has 0 radical (unpaired) electrons. The number of hydrogen-bond donors (Lipinski definition) is 0. The van der Waals surface area contributed by atoms with Crippen LogP contribution in [0.1, 0.15) is 20.3 Å². The van der Waals surface area contributed by atoms with Crippen LogP contribution in [0.15, 0.2) is 0 Å². The standard InChI is InChI=1S/C10H17F3N2O/c1-3-9(16)15-6-4-14(5-7-15)8(2)10(11,12)13/h8H,3-7H2,1-2H3. The van der Waals surface area contributed by atoms with E-state index < -0.39 is 12.2 Å². The molecule has 0 aromatic heterocycles. The SMILES string of the molecule is CCC(=O)N1CCN(C(C)C(F)(F)F)CC1. The number of nitrogens with zero attached hydrogens (tertiary/aromatic N) is 2. The topological polar surface area (TPSA) is 23.6 Å². The molecule has 1 aliphatic rings. The molecule has 16 heavy (non-hydrogen) atoms. The zero-order valence-electron chi connectivity index (χ0n) is 9.55. The fraction of sp³-hybridized carbons (Fsp3) is 0.900. The lowest BCUT2D eigenvalue weighted by molar-refractivity contribution is -0.182. The van der Waals surface area contributed by atoms with Gasteiger partial charge in [-0.05, 0) is 6.92 Å².